The minimum absolute atomic E-state index is 0.00306. The summed E-state index contributed by atoms with van der Waals surface area (Å²) in [6, 6.07) is 7.02. The van der Waals surface area contributed by atoms with Crippen LogP contribution in [0.3, 0.4) is 0 Å². The van der Waals surface area contributed by atoms with Crippen LogP contribution < -0.4 is 10.2 Å². The monoisotopic (exact) mass is 335 g/mol. The standard InChI is InChI=1S/C18H26FN3O2/c1-14-13-22(9-4-12-24-14)18(23)20-15-7-10-21(11-8-15)17-6-3-2-5-16(17)19/h2-3,5-6,14-15H,4,7-13H2,1H3,(H,20,23). The molecule has 1 N–H and O–H groups in total. The lowest BCUT2D eigenvalue weighted by Gasteiger charge is -2.35. The Morgan fingerprint density at radius 1 is 1.25 bits per heavy atom. The third-order valence-corrected chi connectivity index (χ3v) is 4.76. The summed E-state index contributed by atoms with van der Waals surface area (Å²) in [7, 11) is 0. The van der Waals surface area contributed by atoms with Crippen molar-refractivity contribution in [2.24, 2.45) is 0 Å². The highest BCUT2D eigenvalue weighted by atomic mass is 19.1. The van der Waals surface area contributed by atoms with E-state index < -0.39 is 0 Å². The van der Waals surface area contributed by atoms with Crippen LogP contribution in [-0.2, 0) is 4.74 Å². The van der Waals surface area contributed by atoms with Crippen molar-refractivity contribution in [3.63, 3.8) is 0 Å². The van der Waals surface area contributed by atoms with Gasteiger partial charge in [0.25, 0.3) is 0 Å². The number of carbonyl (C=O) groups is 1. The number of carbonyl (C=O) groups excluding carboxylic acids is 1. The Kier molecular flexibility index (Phi) is 5.56. The summed E-state index contributed by atoms with van der Waals surface area (Å²) in [5.41, 5.74) is 0.653. The molecule has 0 aromatic heterocycles. The van der Waals surface area contributed by atoms with E-state index in [1.54, 1.807) is 6.07 Å². The van der Waals surface area contributed by atoms with Crippen LogP contribution in [0.1, 0.15) is 26.2 Å². The Balaban J connectivity index is 1.50. The Morgan fingerprint density at radius 3 is 2.75 bits per heavy atom. The fraction of sp³-hybridized carbons (Fsp3) is 0.611. The second-order valence-corrected chi connectivity index (χ2v) is 6.64. The quantitative estimate of drug-likeness (QED) is 0.904. The van der Waals surface area contributed by atoms with Crippen molar-refractivity contribution < 1.29 is 13.9 Å². The Bertz CT molecular complexity index is 561. The number of nitrogens with zero attached hydrogens (tertiary/aromatic N) is 2. The molecule has 24 heavy (non-hydrogen) atoms. The van der Waals surface area contributed by atoms with E-state index in [1.807, 2.05) is 24.0 Å². The van der Waals surface area contributed by atoms with Gasteiger partial charge in [-0.1, -0.05) is 12.1 Å². The highest BCUT2D eigenvalue weighted by Gasteiger charge is 2.25. The van der Waals surface area contributed by atoms with Crippen LogP contribution in [0.5, 0.6) is 0 Å². The lowest BCUT2D eigenvalue weighted by atomic mass is 10.0. The number of piperidine rings is 1. The molecule has 3 rings (SSSR count). The molecule has 1 aromatic carbocycles. The molecule has 0 radical (unpaired) electrons. The van der Waals surface area contributed by atoms with Crippen molar-refractivity contribution in [2.75, 3.05) is 37.7 Å². The van der Waals surface area contributed by atoms with Gasteiger partial charge in [0, 0.05) is 38.8 Å². The third-order valence-electron chi connectivity index (χ3n) is 4.76. The highest BCUT2D eigenvalue weighted by Crippen LogP contribution is 2.23. The van der Waals surface area contributed by atoms with Crippen molar-refractivity contribution >= 4 is 11.7 Å². The van der Waals surface area contributed by atoms with Crippen LogP contribution in [-0.4, -0.2) is 55.9 Å². The van der Waals surface area contributed by atoms with E-state index in [1.165, 1.54) is 6.07 Å². The number of para-hydroxylation sites is 1. The zero-order valence-electron chi connectivity index (χ0n) is 14.2. The number of hydrogen-bond acceptors (Lipinski definition) is 3. The molecule has 2 saturated heterocycles. The molecule has 2 amide bonds. The van der Waals surface area contributed by atoms with E-state index in [0.29, 0.717) is 18.8 Å². The molecule has 132 valence electrons. The van der Waals surface area contributed by atoms with Crippen LogP contribution in [0.15, 0.2) is 24.3 Å². The zero-order valence-corrected chi connectivity index (χ0v) is 14.2. The minimum atomic E-state index is -0.182. The fourth-order valence-corrected chi connectivity index (χ4v) is 3.42. The number of amides is 2. The Labute approximate surface area is 142 Å². The average Bonchev–Trinajstić information content (AvgIpc) is 2.81. The lowest BCUT2D eigenvalue weighted by Crippen LogP contribution is -2.50. The largest absolute Gasteiger partial charge is 0.377 e. The number of anilines is 1. The van der Waals surface area contributed by atoms with Gasteiger partial charge in [0.05, 0.1) is 11.8 Å². The maximum atomic E-state index is 13.9. The van der Waals surface area contributed by atoms with Crippen LogP contribution in [0, 0.1) is 5.82 Å². The number of hydrogen-bond donors (Lipinski definition) is 1. The van der Waals surface area contributed by atoms with Crippen molar-refractivity contribution in [1.29, 1.82) is 0 Å². The van der Waals surface area contributed by atoms with E-state index in [9.17, 15) is 9.18 Å². The first-order valence-electron chi connectivity index (χ1n) is 8.80. The van der Waals surface area contributed by atoms with Crippen molar-refractivity contribution in [2.45, 2.75) is 38.3 Å². The van der Waals surface area contributed by atoms with Gasteiger partial charge in [-0.25, -0.2) is 9.18 Å². The number of halogens is 1. The van der Waals surface area contributed by atoms with Gasteiger partial charge in [-0.15, -0.1) is 0 Å². The van der Waals surface area contributed by atoms with Gasteiger partial charge in [-0.3, -0.25) is 0 Å². The zero-order chi connectivity index (χ0) is 16.9. The second-order valence-electron chi connectivity index (χ2n) is 6.64. The summed E-state index contributed by atoms with van der Waals surface area (Å²) in [5, 5.41) is 3.13. The molecule has 2 aliphatic rings. The molecule has 1 aromatic rings. The molecule has 2 aliphatic heterocycles. The van der Waals surface area contributed by atoms with Gasteiger partial charge >= 0.3 is 6.03 Å². The van der Waals surface area contributed by atoms with Gasteiger partial charge in [0.2, 0.25) is 0 Å². The van der Waals surface area contributed by atoms with Gasteiger partial charge < -0.3 is 19.9 Å². The summed E-state index contributed by atoms with van der Waals surface area (Å²) in [5.74, 6) is -0.182. The van der Waals surface area contributed by atoms with E-state index in [4.69, 9.17) is 4.74 Å². The molecule has 0 bridgehead atoms. The molecule has 0 aliphatic carbocycles. The molecule has 6 heteroatoms. The van der Waals surface area contributed by atoms with E-state index in [-0.39, 0.29) is 24.0 Å². The van der Waals surface area contributed by atoms with E-state index >= 15 is 0 Å². The predicted molar refractivity (Wildman–Crippen MR) is 91.8 cm³/mol. The van der Waals surface area contributed by atoms with Crippen LogP contribution in [0.25, 0.3) is 0 Å². The van der Waals surface area contributed by atoms with Crippen molar-refractivity contribution in [1.82, 2.24) is 10.2 Å². The second kappa shape index (κ2) is 7.83. The van der Waals surface area contributed by atoms with Crippen LogP contribution in [0.4, 0.5) is 14.9 Å². The fourth-order valence-electron chi connectivity index (χ4n) is 3.42. The Morgan fingerprint density at radius 2 is 2.00 bits per heavy atom. The number of nitrogens with one attached hydrogen (secondary N) is 1. The van der Waals surface area contributed by atoms with E-state index in [0.717, 1.165) is 38.9 Å². The lowest BCUT2D eigenvalue weighted by molar-refractivity contribution is 0.0708. The molecule has 0 spiro atoms. The molecule has 2 fully saturated rings. The Hall–Kier alpha value is -1.82. The van der Waals surface area contributed by atoms with Crippen molar-refractivity contribution in [3.05, 3.63) is 30.1 Å². The number of ether oxygens (including phenoxy) is 1. The summed E-state index contributed by atoms with van der Waals surface area (Å²) in [6.45, 7) is 5.60. The topological polar surface area (TPSA) is 44.8 Å². The van der Waals surface area contributed by atoms with Crippen LogP contribution in [0.2, 0.25) is 0 Å². The first-order chi connectivity index (χ1) is 11.6. The number of urea groups is 1. The summed E-state index contributed by atoms with van der Waals surface area (Å²) in [4.78, 5) is 16.4. The first-order valence-corrected chi connectivity index (χ1v) is 8.80. The number of benzene rings is 1. The van der Waals surface area contributed by atoms with Gasteiger partial charge in [-0.05, 0) is 38.3 Å². The normalized spacial score (nSPS) is 23.0. The maximum absolute atomic E-state index is 13.9. The van der Waals surface area contributed by atoms with Crippen molar-refractivity contribution in [3.8, 4) is 0 Å². The van der Waals surface area contributed by atoms with Gasteiger partial charge in [0.15, 0.2) is 0 Å². The highest BCUT2D eigenvalue weighted by molar-refractivity contribution is 5.74. The summed E-state index contributed by atoms with van der Waals surface area (Å²) < 4.78 is 19.5. The molecule has 2 heterocycles. The van der Waals surface area contributed by atoms with E-state index in [2.05, 4.69) is 10.2 Å². The van der Waals surface area contributed by atoms with Gasteiger partial charge in [-0.2, -0.15) is 0 Å². The molecular weight excluding hydrogens is 309 g/mol. The molecule has 1 unspecified atom stereocenters. The van der Waals surface area contributed by atoms with Crippen LogP contribution >= 0.6 is 0 Å². The maximum Gasteiger partial charge on any atom is 0.317 e. The molecular formula is C18H26FN3O2. The summed E-state index contributed by atoms with van der Waals surface area (Å²) in [6.07, 6.45) is 2.63. The number of rotatable bonds is 2. The molecule has 1 atom stereocenters. The third kappa shape index (κ3) is 4.17. The summed E-state index contributed by atoms with van der Waals surface area (Å²) >= 11 is 0. The van der Waals surface area contributed by atoms with Gasteiger partial charge in [0.1, 0.15) is 5.82 Å². The first kappa shape index (κ1) is 17.0. The minimum Gasteiger partial charge on any atom is -0.377 e. The predicted octanol–water partition coefficient (Wildman–Crippen LogP) is 2.61. The molecule has 5 nitrogen and oxygen atoms in total. The molecule has 0 saturated carbocycles. The SMILES string of the molecule is CC1CN(C(=O)NC2CCN(c3ccccc3F)CC2)CCCO1. The average molecular weight is 335 g/mol. The smallest absolute Gasteiger partial charge is 0.317 e.